The number of nitrogens with one attached hydrogen (secondary N) is 3. The van der Waals surface area contributed by atoms with Gasteiger partial charge in [-0.05, 0) is 37.7 Å². The maximum Gasteiger partial charge on any atom is 0.315 e. The Morgan fingerprint density at radius 1 is 1.04 bits per heavy atom. The average molecular weight is 356 g/mol. The van der Waals surface area contributed by atoms with E-state index in [9.17, 15) is 9.59 Å². The Balaban J connectivity index is 1.22. The third kappa shape index (κ3) is 4.01. The highest BCUT2D eigenvalue weighted by Crippen LogP contribution is 2.27. The standard InChI is InChI=1S/C20H28N4O2/c25-19(15-6-7-17-18(12-15)23-20(26)22-17)21-16-8-10-24(11-9-16)13-14-4-2-1-3-5-14/h1-5,15-18H,6-13H2,(H,21,25)(H2,22,23,26). The van der Waals surface area contributed by atoms with Gasteiger partial charge in [0.2, 0.25) is 5.91 Å². The van der Waals surface area contributed by atoms with Gasteiger partial charge >= 0.3 is 6.03 Å². The molecule has 6 heteroatoms. The molecule has 3 amide bonds. The van der Waals surface area contributed by atoms with Crippen molar-refractivity contribution in [1.29, 1.82) is 0 Å². The zero-order valence-electron chi connectivity index (χ0n) is 15.1. The molecule has 1 saturated carbocycles. The Morgan fingerprint density at radius 2 is 1.77 bits per heavy atom. The van der Waals surface area contributed by atoms with Gasteiger partial charge in [0.05, 0.1) is 12.1 Å². The number of hydrogen-bond donors (Lipinski definition) is 3. The van der Waals surface area contributed by atoms with E-state index in [4.69, 9.17) is 0 Å². The van der Waals surface area contributed by atoms with Crippen molar-refractivity contribution in [3.8, 4) is 0 Å². The molecule has 0 aromatic heterocycles. The monoisotopic (exact) mass is 356 g/mol. The molecule has 26 heavy (non-hydrogen) atoms. The summed E-state index contributed by atoms with van der Waals surface area (Å²) in [5.74, 6) is 0.199. The van der Waals surface area contributed by atoms with Gasteiger partial charge in [0, 0.05) is 31.6 Å². The Hall–Kier alpha value is -2.08. The minimum absolute atomic E-state index is 0.0267. The topological polar surface area (TPSA) is 73.5 Å². The Kier molecular flexibility index (Phi) is 5.11. The second-order valence-corrected chi connectivity index (χ2v) is 7.89. The van der Waals surface area contributed by atoms with Crippen LogP contribution in [0.3, 0.4) is 0 Å². The molecule has 2 saturated heterocycles. The van der Waals surface area contributed by atoms with Crippen molar-refractivity contribution in [3.63, 3.8) is 0 Å². The molecule has 3 aliphatic rings. The average Bonchev–Trinajstić information content (AvgIpc) is 3.03. The highest BCUT2D eigenvalue weighted by molar-refractivity contribution is 5.81. The van der Waals surface area contributed by atoms with E-state index in [1.807, 2.05) is 6.07 Å². The van der Waals surface area contributed by atoms with Gasteiger partial charge in [-0.3, -0.25) is 9.69 Å². The van der Waals surface area contributed by atoms with Crippen LogP contribution in [-0.2, 0) is 11.3 Å². The van der Waals surface area contributed by atoms with E-state index in [1.165, 1.54) is 5.56 Å². The number of nitrogens with zero attached hydrogens (tertiary/aromatic N) is 1. The molecular formula is C20H28N4O2. The molecule has 0 spiro atoms. The first-order valence-corrected chi connectivity index (χ1v) is 9.81. The fourth-order valence-corrected chi connectivity index (χ4v) is 4.52. The lowest BCUT2D eigenvalue weighted by molar-refractivity contribution is -0.127. The summed E-state index contributed by atoms with van der Waals surface area (Å²) in [7, 11) is 0. The van der Waals surface area contributed by atoms with Crippen molar-refractivity contribution in [2.75, 3.05) is 13.1 Å². The molecule has 1 aliphatic carbocycles. The van der Waals surface area contributed by atoms with E-state index < -0.39 is 0 Å². The van der Waals surface area contributed by atoms with Gasteiger partial charge in [-0.2, -0.15) is 0 Å². The normalized spacial score (nSPS) is 29.5. The number of rotatable bonds is 4. The summed E-state index contributed by atoms with van der Waals surface area (Å²) in [6.07, 6.45) is 4.52. The first kappa shape index (κ1) is 17.3. The molecule has 1 aromatic carbocycles. The summed E-state index contributed by atoms with van der Waals surface area (Å²) >= 11 is 0. The van der Waals surface area contributed by atoms with Crippen LogP contribution in [0, 0.1) is 5.92 Å². The number of fused-ring (bicyclic) bond motifs is 1. The van der Waals surface area contributed by atoms with Crippen LogP contribution in [0.1, 0.15) is 37.7 Å². The number of amides is 3. The molecule has 4 rings (SSSR count). The van der Waals surface area contributed by atoms with E-state index in [1.54, 1.807) is 0 Å². The molecule has 2 aliphatic heterocycles. The van der Waals surface area contributed by atoms with E-state index in [2.05, 4.69) is 45.1 Å². The second kappa shape index (κ2) is 7.66. The van der Waals surface area contributed by atoms with Crippen molar-refractivity contribution in [3.05, 3.63) is 35.9 Å². The first-order chi connectivity index (χ1) is 12.7. The number of benzene rings is 1. The summed E-state index contributed by atoms with van der Waals surface area (Å²) in [6, 6.07) is 11.1. The van der Waals surface area contributed by atoms with Crippen molar-refractivity contribution >= 4 is 11.9 Å². The van der Waals surface area contributed by atoms with Gasteiger partial charge in [-0.25, -0.2) is 4.79 Å². The number of carbonyl (C=O) groups is 2. The number of urea groups is 1. The van der Waals surface area contributed by atoms with E-state index >= 15 is 0 Å². The molecule has 1 aromatic rings. The van der Waals surface area contributed by atoms with Crippen molar-refractivity contribution in [1.82, 2.24) is 20.9 Å². The van der Waals surface area contributed by atoms with Gasteiger partial charge < -0.3 is 16.0 Å². The molecule has 3 fully saturated rings. The summed E-state index contributed by atoms with van der Waals surface area (Å²) in [5.41, 5.74) is 1.35. The zero-order chi connectivity index (χ0) is 17.9. The molecule has 2 heterocycles. The maximum atomic E-state index is 12.7. The van der Waals surface area contributed by atoms with Gasteiger partial charge in [0.1, 0.15) is 0 Å². The highest BCUT2D eigenvalue weighted by Gasteiger charge is 2.39. The number of likely N-dealkylation sites (tertiary alicyclic amines) is 1. The lowest BCUT2D eigenvalue weighted by Crippen LogP contribution is -2.49. The highest BCUT2D eigenvalue weighted by atomic mass is 16.2. The van der Waals surface area contributed by atoms with Gasteiger partial charge in [-0.15, -0.1) is 0 Å². The smallest absolute Gasteiger partial charge is 0.315 e. The second-order valence-electron chi connectivity index (χ2n) is 7.89. The van der Waals surface area contributed by atoms with E-state index in [-0.39, 0.29) is 36.0 Å². The predicted octanol–water partition coefficient (Wildman–Crippen LogP) is 1.62. The van der Waals surface area contributed by atoms with Crippen LogP contribution >= 0.6 is 0 Å². The maximum absolute atomic E-state index is 12.7. The quantitative estimate of drug-likeness (QED) is 0.767. The SMILES string of the molecule is O=C1NC2CCC(C(=O)NC3CCN(Cc4ccccc4)CC3)CC2N1. The summed E-state index contributed by atoms with van der Waals surface area (Å²) in [5, 5.41) is 9.14. The number of hydrogen-bond acceptors (Lipinski definition) is 3. The Morgan fingerprint density at radius 3 is 2.54 bits per heavy atom. The van der Waals surface area contributed by atoms with Crippen LogP contribution in [0.15, 0.2) is 30.3 Å². The fraction of sp³-hybridized carbons (Fsp3) is 0.600. The van der Waals surface area contributed by atoms with Crippen LogP contribution in [0.2, 0.25) is 0 Å². The molecule has 3 N–H and O–H groups in total. The molecular weight excluding hydrogens is 328 g/mol. The summed E-state index contributed by atoms with van der Waals surface area (Å²) in [4.78, 5) is 26.5. The molecule has 140 valence electrons. The lowest BCUT2D eigenvalue weighted by atomic mass is 9.82. The van der Waals surface area contributed by atoms with Gasteiger partial charge in [-0.1, -0.05) is 30.3 Å². The van der Waals surface area contributed by atoms with Crippen LogP contribution in [0.5, 0.6) is 0 Å². The van der Waals surface area contributed by atoms with Crippen molar-refractivity contribution in [2.45, 2.75) is 56.8 Å². The van der Waals surface area contributed by atoms with Crippen LogP contribution in [0.25, 0.3) is 0 Å². The zero-order valence-corrected chi connectivity index (χ0v) is 15.1. The van der Waals surface area contributed by atoms with Crippen LogP contribution in [0.4, 0.5) is 4.79 Å². The van der Waals surface area contributed by atoms with Crippen LogP contribution < -0.4 is 16.0 Å². The third-order valence-corrected chi connectivity index (χ3v) is 6.04. The van der Waals surface area contributed by atoms with Gasteiger partial charge in [0.15, 0.2) is 0 Å². The minimum Gasteiger partial charge on any atom is -0.353 e. The summed E-state index contributed by atoms with van der Waals surface area (Å²) in [6.45, 7) is 3.03. The number of carbonyl (C=O) groups excluding carboxylic acids is 2. The third-order valence-electron chi connectivity index (χ3n) is 6.04. The van der Waals surface area contributed by atoms with E-state index in [0.29, 0.717) is 0 Å². The lowest BCUT2D eigenvalue weighted by Gasteiger charge is -2.34. The van der Waals surface area contributed by atoms with Crippen molar-refractivity contribution in [2.24, 2.45) is 5.92 Å². The molecule has 0 bridgehead atoms. The van der Waals surface area contributed by atoms with Crippen LogP contribution in [-0.4, -0.2) is 48.1 Å². The molecule has 3 unspecified atom stereocenters. The molecule has 3 atom stereocenters. The minimum atomic E-state index is -0.0909. The Bertz CT molecular complexity index is 642. The van der Waals surface area contributed by atoms with E-state index in [0.717, 1.165) is 51.7 Å². The fourth-order valence-electron chi connectivity index (χ4n) is 4.52. The summed E-state index contributed by atoms with van der Waals surface area (Å²) < 4.78 is 0. The van der Waals surface area contributed by atoms with Crippen molar-refractivity contribution < 1.29 is 9.59 Å². The molecule has 0 radical (unpaired) electrons. The Labute approximate surface area is 154 Å². The molecule has 6 nitrogen and oxygen atoms in total. The predicted molar refractivity (Wildman–Crippen MR) is 99.5 cm³/mol. The first-order valence-electron chi connectivity index (χ1n) is 9.81. The van der Waals surface area contributed by atoms with Gasteiger partial charge in [0.25, 0.3) is 0 Å². The number of piperidine rings is 1. The largest absolute Gasteiger partial charge is 0.353 e.